The zero-order valence-corrected chi connectivity index (χ0v) is 17.4. The Morgan fingerprint density at radius 2 is 2.04 bits per heavy atom. The number of methoxy groups -OCH3 is 1. The molecule has 0 fully saturated rings. The number of hydrogen-bond acceptors (Lipinski definition) is 5. The molecular weight excluding hydrogens is 372 g/mol. The molecule has 0 spiro atoms. The molecule has 0 saturated carbocycles. The van der Waals surface area contributed by atoms with Gasteiger partial charge in [-0.15, -0.1) is 11.3 Å². The van der Waals surface area contributed by atoms with Gasteiger partial charge in [-0.25, -0.2) is 4.98 Å². The molecule has 2 heterocycles. The molecule has 0 bridgehead atoms. The van der Waals surface area contributed by atoms with Gasteiger partial charge in [0.25, 0.3) is 5.56 Å². The number of nitrogens with zero attached hydrogens (tertiary/aromatic N) is 1. The first kappa shape index (κ1) is 19.0. The summed E-state index contributed by atoms with van der Waals surface area (Å²) in [6, 6.07) is 5.69. The molecule has 0 unspecified atom stereocenters. The summed E-state index contributed by atoms with van der Waals surface area (Å²) in [5.41, 5.74) is 1.98. The maximum Gasteiger partial charge on any atom is 0.260 e. The summed E-state index contributed by atoms with van der Waals surface area (Å²) >= 11 is 1.66. The van der Waals surface area contributed by atoms with Crippen LogP contribution in [0.1, 0.15) is 43.6 Å². The van der Waals surface area contributed by atoms with Gasteiger partial charge < -0.3 is 14.5 Å². The van der Waals surface area contributed by atoms with Gasteiger partial charge in [-0.1, -0.05) is 13.8 Å². The minimum Gasteiger partial charge on any atom is -0.493 e. The van der Waals surface area contributed by atoms with Crippen LogP contribution in [0.25, 0.3) is 21.6 Å². The van der Waals surface area contributed by atoms with E-state index in [-0.39, 0.29) is 5.56 Å². The molecule has 2 aromatic heterocycles. The van der Waals surface area contributed by atoms with E-state index in [4.69, 9.17) is 14.5 Å². The lowest BCUT2D eigenvalue weighted by Gasteiger charge is -2.13. The van der Waals surface area contributed by atoms with E-state index in [9.17, 15) is 4.79 Å². The van der Waals surface area contributed by atoms with Crippen molar-refractivity contribution in [2.24, 2.45) is 5.92 Å². The average molecular weight is 399 g/mol. The number of fused-ring (bicyclic) bond motifs is 3. The summed E-state index contributed by atoms with van der Waals surface area (Å²) in [6.07, 6.45) is 5.37. The number of thiophene rings is 1. The van der Waals surface area contributed by atoms with Gasteiger partial charge in [-0.2, -0.15) is 0 Å². The fourth-order valence-electron chi connectivity index (χ4n) is 3.64. The molecule has 0 amide bonds. The molecule has 4 rings (SSSR count). The number of benzene rings is 1. The van der Waals surface area contributed by atoms with Crippen LogP contribution in [0.2, 0.25) is 0 Å². The maximum absolute atomic E-state index is 12.8. The maximum atomic E-state index is 12.8. The van der Waals surface area contributed by atoms with Crippen LogP contribution in [-0.2, 0) is 12.8 Å². The number of nitrogens with one attached hydrogen (secondary N) is 1. The predicted molar refractivity (Wildman–Crippen MR) is 114 cm³/mol. The van der Waals surface area contributed by atoms with E-state index in [1.165, 1.54) is 16.9 Å². The highest BCUT2D eigenvalue weighted by molar-refractivity contribution is 7.18. The highest BCUT2D eigenvalue weighted by Crippen LogP contribution is 2.35. The average Bonchev–Trinajstić information content (AvgIpc) is 3.06. The van der Waals surface area contributed by atoms with Crippen molar-refractivity contribution in [2.75, 3.05) is 13.7 Å². The smallest absolute Gasteiger partial charge is 0.260 e. The largest absolute Gasteiger partial charge is 0.493 e. The van der Waals surface area contributed by atoms with Gasteiger partial charge in [0, 0.05) is 10.4 Å². The predicted octanol–water partition coefficient (Wildman–Crippen LogP) is 4.96. The van der Waals surface area contributed by atoms with Crippen molar-refractivity contribution >= 4 is 21.6 Å². The Bertz CT molecular complexity index is 1050. The lowest BCUT2D eigenvalue weighted by molar-refractivity contribution is 0.273. The summed E-state index contributed by atoms with van der Waals surface area (Å²) in [5.74, 6) is 2.52. The van der Waals surface area contributed by atoms with Crippen molar-refractivity contribution in [3.05, 3.63) is 39.0 Å². The Morgan fingerprint density at radius 3 is 2.82 bits per heavy atom. The van der Waals surface area contributed by atoms with Gasteiger partial charge in [0.1, 0.15) is 10.7 Å². The van der Waals surface area contributed by atoms with Gasteiger partial charge in [0.2, 0.25) is 0 Å². The number of aromatic nitrogens is 2. The van der Waals surface area contributed by atoms with Crippen LogP contribution < -0.4 is 15.0 Å². The van der Waals surface area contributed by atoms with E-state index in [1.807, 2.05) is 18.2 Å². The number of H-pyrrole nitrogens is 1. The minimum absolute atomic E-state index is 0.0457. The first-order valence-corrected chi connectivity index (χ1v) is 10.7. The van der Waals surface area contributed by atoms with Crippen LogP contribution in [0.3, 0.4) is 0 Å². The van der Waals surface area contributed by atoms with E-state index >= 15 is 0 Å². The van der Waals surface area contributed by atoms with Crippen LogP contribution in [0.5, 0.6) is 11.5 Å². The first-order valence-electron chi connectivity index (χ1n) is 9.92. The van der Waals surface area contributed by atoms with Crippen LogP contribution in [0.4, 0.5) is 0 Å². The normalized spacial score (nSPS) is 13.7. The number of aryl methyl sites for hydroxylation is 2. The molecule has 3 aromatic rings. The Labute approximate surface area is 168 Å². The Balaban J connectivity index is 1.68. The van der Waals surface area contributed by atoms with Gasteiger partial charge in [-0.05, 0) is 61.8 Å². The van der Waals surface area contributed by atoms with Crippen molar-refractivity contribution < 1.29 is 9.47 Å². The second-order valence-corrected chi connectivity index (χ2v) is 8.79. The van der Waals surface area contributed by atoms with Gasteiger partial charge in [0.05, 0.1) is 19.1 Å². The summed E-state index contributed by atoms with van der Waals surface area (Å²) in [5, 5.41) is 0.782. The third-order valence-corrected chi connectivity index (χ3v) is 6.40. The Morgan fingerprint density at radius 1 is 1.21 bits per heavy atom. The number of aromatic amines is 1. The fourth-order valence-corrected chi connectivity index (χ4v) is 4.90. The van der Waals surface area contributed by atoms with E-state index in [0.29, 0.717) is 29.8 Å². The Kier molecular flexibility index (Phi) is 5.40. The second-order valence-electron chi connectivity index (χ2n) is 7.70. The molecule has 0 aliphatic heterocycles. The minimum atomic E-state index is -0.0457. The molecule has 0 radical (unpaired) electrons. The monoisotopic (exact) mass is 398 g/mol. The highest BCUT2D eigenvalue weighted by atomic mass is 32.1. The van der Waals surface area contributed by atoms with Crippen LogP contribution in [0.15, 0.2) is 23.0 Å². The van der Waals surface area contributed by atoms with E-state index in [0.717, 1.165) is 41.5 Å². The van der Waals surface area contributed by atoms with Gasteiger partial charge in [0.15, 0.2) is 11.5 Å². The van der Waals surface area contributed by atoms with Crippen LogP contribution >= 0.6 is 11.3 Å². The molecule has 1 aliphatic rings. The molecule has 28 heavy (non-hydrogen) atoms. The zero-order chi connectivity index (χ0) is 19.7. The quantitative estimate of drug-likeness (QED) is 0.637. The van der Waals surface area contributed by atoms with E-state index < -0.39 is 0 Å². The summed E-state index contributed by atoms with van der Waals surface area (Å²) in [7, 11) is 1.63. The molecule has 6 heteroatoms. The zero-order valence-electron chi connectivity index (χ0n) is 16.6. The third kappa shape index (κ3) is 3.65. The molecule has 1 aromatic carbocycles. The summed E-state index contributed by atoms with van der Waals surface area (Å²) in [4.78, 5) is 22.7. The summed E-state index contributed by atoms with van der Waals surface area (Å²) in [6.45, 7) is 4.99. The standard InChI is InChI=1S/C22H26N2O3S/c1-13(2)10-11-27-16-9-8-14(12-17(16)26-3)20-23-21(25)19-15-6-4-5-7-18(15)28-22(19)24-20/h8-9,12-13H,4-7,10-11H2,1-3H3,(H,23,24,25). The van der Waals surface area contributed by atoms with Crippen molar-refractivity contribution in [1.29, 1.82) is 0 Å². The van der Waals surface area contributed by atoms with E-state index in [2.05, 4.69) is 18.8 Å². The first-order chi connectivity index (χ1) is 13.6. The van der Waals surface area contributed by atoms with Gasteiger partial charge >= 0.3 is 0 Å². The van der Waals surface area contributed by atoms with Crippen molar-refractivity contribution in [1.82, 2.24) is 9.97 Å². The van der Waals surface area contributed by atoms with Crippen molar-refractivity contribution in [2.45, 2.75) is 46.0 Å². The number of rotatable bonds is 6. The lowest BCUT2D eigenvalue weighted by atomic mass is 9.97. The van der Waals surface area contributed by atoms with Crippen molar-refractivity contribution in [3.63, 3.8) is 0 Å². The molecule has 1 N–H and O–H groups in total. The summed E-state index contributed by atoms with van der Waals surface area (Å²) < 4.78 is 11.4. The number of ether oxygens (including phenoxy) is 2. The topological polar surface area (TPSA) is 64.2 Å². The fraction of sp³-hybridized carbons (Fsp3) is 0.455. The second kappa shape index (κ2) is 7.95. The third-order valence-electron chi connectivity index (χ3n) is 5.21. The Hall–Kier alpha value is -2.34. The molecular formula is C22H26N2O3S. The van der Waals surface area contributed by atoms with Crippen LogP contribution in [0, 0.1) is 5.92 Å². The SMILES string of the molecule is COc1cc(-c2nc3sc4c(c3c(=O)[nH]2)CCCC4)ccc1OCCC(C)C. The lowest BCUT2D eigenvalue weighted by Crippen LogP contribution is -2.11. The molecule has 1 aliphatic carbocycles. The molecule has 5 nitrogen and oxygen atoms in total. The van der Waals surface area contributed by atoms with Crippen molar-refractivity contribution in [3.8, 4) is 22.9 Å². The van der Waals surface area contributed by atoms with E-state index in [1.54, 1.807) is 18.4 Å². The highest BCUT2D eigenvalue weighted by Gasteiger charge is 2.20. The molecule has 148 valence electrons. The molecule has 0 saturated heterocycles. The van der Waals surface area contributed by atoms with Crippen LogP contribution in [-0.4, -0.2) is 23.7 Å². The molecule has 0 atom stereocenters. The van der Waals surface area contributed by atoms with Gasteiger partial charge in [-0.3, -0.25) is 4.79 Å². The number of hydrogen-bond donors (Lipinski definition) is 1.